The van der Waals surface area contributed by atoms with Gasteiger partial charge < -0.3 is 21.3 Å². The summed E-state index contributed by atoms with van der Waals surface area (Å²) in [4.78, 5) is 34.1. The minimum absolute atomic E-state index is 0.0609. The van der Waals surface area contributed by atoms with Gasteiger partial charge in [-0.2, -0.15) is 0 Å². The van der Waals surface area contributed by atoms with E-state index in [1.165, 1.54) is 5.56 Å². The summed E-state index contributed by atoms with van der Waals surface area (Å²) < 4.78 is 22.7. The fraction of sp³-hybridized carbons (Fsp3) is 0.355. The molecule has 11 heteroatoms. The van der Waals surface area contributed by atoms with Gasteiger partial charge in [-0.25, -0.2) is 18.7 Å². The van der Waals surface area contributed by atoms with Crippen molar-refractivity contribution in [1.29, 1.82) is 0 Å². The number of amides is 2. The molecule has 0 aliphatic carbocycles. The normalized spacial score (nSPS) is 13.4. The highest BCUT2D eigenvalue weighted by Crippen LogP contribution is 2.26. The van der Waals surface area contributed by atoms with Gasteiger partial charge in [0.25, 0.3) is 5.91 Å². The number of fused-ring (bicyclic) bond motifs is 1. The second kappa shape index (κ2) is 14.5. The molecule has 2 aromatic heterocycles. The van der Waals surface area contributed by atoms with Gasteiger partial charge in [0.1, 0.15) is 0 Å². The summed E-state index contributed by atoms with van der Waals surface area (Å²) in [5.41, 5.74) is 6.23. The molecule has 0 saturated carbocycles. The topological polar surface area (TPSA) is 112 Å². The van der Waals surface area contributed by atoms with Crippen LogP contribution in [0.5, 0.6) is 0 Å². The first-order chi connectivity index (χ1) is 20.2. The summed E-state index contributed by atoms with van der Waals surface area (Å²) in [5, 5.41) is 12.4. The number of anilines is 2. The Labute approximate surface area is 244 Å². The molecular weight excluding hydrogens is 540 g/mol. The van der Waals surface area contributed by atoms with Crippen molar-refractivity contribution < 1.29 is 18.4 Å². The molecule has 222 valence electrons. The van der Waals surface area contributed by atoms with Gasteiger partial charge in [-0.15, -0.1) is 0 Å². The largest absolute Gasteiger partial charge is 0.354 e. The van der Waals surface area contributed by atoms with E-state index >= 15 is 0 Å². The number of rotatable bonds is 8. The van der Waals surface area contributed by atoms with Gasteiger partial charge in [0.2, 0.25) is 12.3 Å². The van der Waals surface area contributed by atoms with Gasteiger partial charge in [-0.3, -0.25) is 14.0 Å². The van der Waals surface area contributed by atoms with Crippen molar-refractivity contribution in [3.63, 3.8) is 0 Å². The van der Waals surface area contributed by atoms with Crippen molar-refractivity contribution in [1.82, 2.24) is 30.3 Å². The number of hydrogen-bond acceptors (Lipinski definition) is 6. The number of aryl methyl sites for hydroxylation is 2. The minimum atomic E-state index is -2.17. The Kier molecular flexibility index (Phi) is 10.6. The summed E-state index contributed by atoms with van der Waals surface area (Å²) in [6, 6.07) is 13.9. The fourth-order valence-corrected chi connectivity index (χ4v) is 4.76. The maximum absolute atomic E-state index is 12.7. The number of aromatic nitrogens is 3. The Balaban J connectivity index is 0.000000952. The Morgan fingerprint density at radius 2 is 1.71 bits per heavy atom. The molecule has 1 aliphatic heterocycles. The Morgan fingerprint density at radius 1 is 1.02 bits per heavy atom. The number of alkyl halides is 2. The quantitative estimate of drug-likeness (QED) is 0.222. The maximum atomic E-state index is 12.7. The second-order valence-electron chi connectivity index (χ2n) is 10.2. The summed E-state index contributed by atoms with van der Waals surface area (Å²) in [7, 11) is 0. The first-order valence-electron chi connectivity index (χ1n) is 14.0. The third-order valence-corrected chi connectivity index (χ3v) is 6.93. The first kappa shape index (κ1) is 30.6. The summed E-state index contributed by atoms with van der Waals surface area (Å²) >= 11 is 0. The van der Waals surface area contributed by atoms with Gasteiger partial charge in [-0.05, 0) is 70.5 Å². The second-order valence-corrected chi connectivity index (χ2v) is 10.2. The maximum Gasteiger partial charge on any atom is 0.251 e. The molecule has 4 aromatic rings. The third kappa shape index (κ3) is 8.10. The number of carbonyl (C=O) groups excluding carboxylic acids is 2. The number of benzene rings is 2. The highest BCUT2D eigenvalue weighted by Gasteiger charge is 2.20. The van der Waals surface area contributed by atoms with Gasteiger partial charge in [0.05, 0.1) is 11.9 Å². The zero-order chi connectivity index (χ0) is 30.1. The van der Waals surface area contributed by atoms with Crippen LogP contribution in [0.3, 0.4) is 0 Å². The molecular formula is C31H37F2N7O2. The van der Waals surface area contributed by atoms with Crippen LogP contribution in [0.1, 0.15) is 41.3 Å². The SMILES string of the molecule is CC(F)F.Cc1ccc(-c2cnc3c(Nc4ccc(C(=O)NCCNC(=O)C5CCNCC5)c(C)c4)nccn23)cc1. The van der Waals surface area contributed by atoms with Crippen LogP contribution in [0.4, 0.5) is 20.3 Å². The first-order valence-corrected chi connectivity index (χ1v) is 14.0. The lowest BCUT2D eigenvalue weighted by atomic mass is 9.97. The fourth-order valence-electron chi connectivity index (χ4n) is 4.76. The van der Waals surface area contributed by atoms with Gasteiger partial charge in [-0.1, -0.05) is 29.8 Å². The van der Waals surface area contributed by atoms with E-state index in [2.05, 4.69) is 62.4 Å². The third-order valence-electron chi connectivity index (χ3n) is 6.93. The monoisotopic (exact) mass is 577 g/mol. The molecule has 2 amide bonds. The number of imidazole rings is 1. The summed E-state index contributed by atoms with van der Waals surface area (Å²) in [6.07, 6.45) is 5.04. The molecule has 0 spiro atoms. The smallest absolute Gasteiger partial charge is 0.251 e. The van der Waals surface area contributed by atoms with E-state index in [4.69, 9.17) is 0 Å². The molecule has 0 unspecified atom stereocenters. The number of halogens is 2. The highest BCUT2D eigenvalue weighted by atomic mass is 19.3. The van der Waals surface area contributed by atoms with Crippen molar-refractivity contribution in [2.24, 2.45) is 5.92 Å². The lowest BCUT2D eigenvalue weighted by molar-refractivity contribution is -0.125. The van der Waals surface area contributed by atoms with E-state index in [1.54, 1.807) is 12.3 Å². The lowest BCUT2D eigenvalue weighted by Crippen LogP contribution is -2.41. The van der Waals surface area contributed by atoms with Crippen molar-refractivity contribution in [3.8, 4) is 11.3 Å². The average molecular weight is 578 g/mol. The van der Waals surface area contributed by atoms with Crippen LogP contribution >= 0.6 is 0 Å². The number of nitrogens with zero attached hydrogens (tertiary/aromatic N) is 3. The average Bonchev–Trinajstić information content (AvgIpc) is 3.41. The molecule has 9 nitrogen and oxygen atoms in total. The number of hydrogen-bond donors (Lipinski definition) is 4. The van der Waals surface area contributed by atoms with E-state index in [9.17, 15) is 18.4 Å². The molecule has 5 rings (SSSR count). The number of piperidine rings is 1. The predicted octanol–water partition coefficient (Wildman–Crippen LogP) is 4.87. The van der Waals surface area contributed by atoms with Gasteiger partial charge in [0, 0.05) is 48.2 Å². The van der Waals surface area contributed by atoms with Crippen molar-refractivity contribution >= 4 is 29.0 Å². The Bertz CT molecular complexity index is 1500. The zero-order valence-corrected chi connectivity index (χ0v) is 24.1. The molecule has 3 heterocycles. The van der Waals surface area contributed by atoms with E-state index in [1.807, 2.05) is 35.9 Å². The van der Waals surface area contributed by atoms with Crippen molar-refractivity contribution in [2.45, 2.75) is 40.0 Å². The molecule has 0 radical (unpaired) electrons. The predicted molar refractivity (Wildman–Crippen MR) is 160 cm³/mol. The van der Waals surface area contributed by atoms with Crippen LogP contribution in [0.2, 0.25) is 0 Å². The molecule has 1 saturated heterocycles. The minimum Gasteiger partial charge on any atom is -0.354 e. The number of carbonyl (C=O) groups is 2. The molecule has 42 heavy (non-hydrogen) atoms. The van der Waals surface area contributed by atoms with E-state index in [0.717, 1.165) is 55.4 Å². The zero-order valence-electron chi connectivity index (χ0n) is 24.1. The van der Waals surface area contributed by atoms with Crippen molar-refractivity contribution in [2.75, 3.05) is 31.5 Å². The Hall–Kier alpha value is -4.38. The molecule has 4 N–H and O–H groups in total. The Morgan fingerprint density at radius 3 is 2.40 bits per heavy atom. The van der Waals surface area contributed by atoms with Crippen LogP contribution in [0.25, 0.3) is 16.9 Å². The van der Waals surface area contributed by atoms with Crippen LogP contribution in [0, 0.1) is 19.8 Å². The van der Waals surface area contributed by atoms with Crippen LogP contribution in [-0.2, 0) is 4.79 Å². The summed E-state index contributed by atoms with van der Waals surface area (Å²) in [6.45, 7) is 7.35. The lowest BCUT2D eigenvalue weighted by Gasteiger charge is -2.21. The van der Waals surface area contributed by atoms with E-state index in [0.29, 0.717) is 30.1 Å². The van der Waals surface area contributed by atoms with E-state index in [-0.39, 0.29) is 17.7 Å². The highest BCUT2D eigenvalue weighted by molar-refractivity contribution is 5.96. The van der Waals surface area contributed by atoms with Crippen LogP contribution in [0.15, 0.2) is 61.1 Å². The number of nitrogens with one attached hydrogen (secondary N) is 4. The van der Waals surface area contributed by atoms with Crippen LogP contribution < -0.4 is 21.3 Å². The molecule has 1 fully saturated rings. The van der Waals surface area contributed by atoms with Gasteiger partial charge in [0.15, 0.2) is 11.5 Å². The molecule has 0 bridgehead atoms. The van der Waals surface area contributed by atoms with E-state index < -0.39 is 6.43 Å². The van der Waals surface area contributed by atoms with Crippen molar-refractivity contribution in [3.05, 3.63) is 77.7 Å². The molecule has 1 aliphatic rings. The summed E-state index contributed by atoms with van der Waals surface area (Å²) in [5.74, 6) is 0.596. The van der Waals surface area contributed by atoms with Gasteiger partial charge >= 0.3 is 0 Å². The molecule has 2 aromatic carbocycles. The molecule has 0 atom stereocenters. The standard InChI is InChI=1S/C29H33N7O2.C2H4F2/c1-19-3-5-21(6-4-19)25-18-34-27-26(31-15-16-36(25)27)35-23-7-8-24(20(2)17-23)29(38)33-14-13-32-28(37)22-9-11-30-12-10-22;1-2(3)4/h3-8,15-18,22,30H,9-14H2,1-2H3,(H,31,35)(H,32,37)(H,33,38);2H,1H3. The van der Waals surface area contributed by atoms with Crippen LogP contribution in [-0.4, -0.2) is 58.8 Å².